The normalized spacial score (nSPS) is 12.7. The monoisotopic (exact) mass is 241 g/mol. The molecule has 0 saturated carbocycles. The van der Waals surface area contributed by atoms with Crippen molar-refractivity contribution in [2.45, 2.75) is 20.3 Å². The predicted molar refractivity (Wildman–Crippen MR) is 57.8 cm³/mol. The molecule has 3 heteroatoms. The van der Waals surface area contributed by atoms with Gasteiger partial charge in [0.1, 0.15) is 0 Å². The molecule has 1 aromatic carbocycles. The van der Waals surface area contributed by atoms with Crippen molar-refractivity contribution >= 4 is 27.5 Å². The molecule has 0 aliphatic carbocycles. The van der Waals surface area contributed by atoms with Crippen molar-refractivity contribution in [2.75, 3.05) is 5.32 Å². The van der Waals surface area contributed by atoms with E-state index in [1.54, 1.807) is 0 Å². The Morgan fingerprint density at radius 1 is 1.38 bits per heavy atom. The highest BCUT2D eigenvalue weighted by Gasteiger charge is 2.16. The van der Waals surface area contributed by atoms with Crippen LogP contribution in [0.3, 0.4) is 0 Å². The average Bonchev–Trinajstić information content (AvgIpc) is 2.48. The van der Waals surface area contributed by atoms with Gasteiger partial charge in [-0.15, -0.1) is 0 Å². The zero-order valence-electron chi connectivity index (χ0n) is 7.73. The number of fused-ring (bicyclic) bond motifs is 1. The lowest BCUT2D eigenvalue weighted by atomic mass is 10.2. The van der Waals surface area contributed by atoms with Crippen LogP contribution in [0.25, 0.3) is 0 Å². The first kappa shape index (κ1) is 10.3. The molecule has 2 nitrogen and oxygen atoms in total. The highest BCUT2D eigenvalue weighted by molar-refractivity contribution is 9.10. The van der Waals surface area contributed by atoms with E-state index in [2.05, 4.69) is 21.2 Å². The number of nitrogens with one attached hydrogen (secondary N) is 1. The van der Waals surface area contributed by atoms with Gasteiger partial charge in [-0.05, 0) is 17.7 Å². The lowest BCUT2D eigenvalue weighted by Crippen LogP contribution is -2.03. The molecule has 1 aromatic rings. The molecule has 1 amide bonds. The van der Waals surface area contributed by atoms with E-state index in [0.717, 1.165) is 15.7 Å². The highest BCUT2D eigenvalue weighted by Crippen LogP contribution is 2.25. The van der Waals surface area contributed by atoms with Gasteiger partial charge in [0.2, 0.25) is 5.91 Å². The number of halogens is 1. The number of anilines is 1. The molecule has 0 unspecified atom stereocenters. The summed E-state index contributed by atoms with van der Waals surface area (Å²) in [5.74, 6) is 0.0816. The van der Waals surface area contributed by atoms with Gasteiger partial charge in [-0.25, -0.2) is 0 Å². The van der Waals surface area contributed by atoms with Gasteiger partial charge < -0.3 is 5.32 Å². The second kappa shape index (κ2) is 4.42. The maximum absolute atomic E-state index is 10.9. The Morgan fingerprint density at radius 3 is 2.77 bits per heavy atom. The van der Waals surface area contributed by atoms with Gasteiger partial charge in [0.25, 0.3) is 0 Å². The first-order chi connectivity index (χ1) is 6.25. The Morgan fingerprint density at radius 2 is 2.08 bits per heavy atom. The number of hydrogen-bond donors (Lipinski definition) is 1. The van der Waals surface area contributed by atoms with Crippen LogP contribution in [-0.4, -0.2) is 5.91 Å². The van der Waals surface area contributed by atoms with Crippen molar-refractivity contribution < 1.29 is 4.79 Å². The predicted octanol–water partition coefficient (Wildman–Crippen LogP) is 2.97. The van der Waals surface area contributed by atoms with Gasteiger partial charge in [-0.2, -0.15) is 0 Å². The molecule has 0 atom stereocenters. The molecule has 2 rings (SSSR count). The second-order valence-corrected chi connectivity index (χ2v) is 3.44. The van der Waals surface area contributed by atoms with Crippen molar-refractivity contribution in [3.8, 4) is 0 Å². The molecular formula is C10H12BrNO. The van der Waals surface area contributed by atoms with Gasteiger partial charge in [-0.3, -0.25) is 4.79 Å². The molecule has 0 saturated heterocycles. The molecule has 70 valence electrons. The number of hydrogen-bond acceptors (Lipinski definition) is 1. The van der Waals surface area contributed by atoms with Gasteiger partial charge in [-0.1, -0.05) is 35.8 Å². The Bertz CT molecular complexity index is 323. The van der Waals surface area contributed by atoms with Crippen molar-refractivity contribution in [1.82, 2.24) is 0 Å². The molecule has 13 heavy (non-hydrogen) atoms. The van der Waals surface area contributed by atoms with Gasteiger partial charge in [0, 0.05) is 10.2 Å². The summed E-state index contributed by atoms with van der Waals surface area (Å²) in [4.78, 5) is 10.9. The van der Waals surface area contributed by atoms with Crippen molar-refractivity contribution in [1.29, 1.82) is 0 Å². The van der Waals surface area contributed by atoms with Gasteiger partial charge >= 0.3 is 0 Å². The second-order valence-electron chi connectivity index (χ2n) is 2.53. The zero-order chi connectivity index (χ0) is 9.84. The van der Waals surface area contributed by atoms with Crippen LogP contribution < -0.4 is 5.32 Å². The molecule has 0 fully saturated rings. The third-order valence-corrected chi connectivity index (χ3v) is 2.19. The number of benzene rings is 1. The van der Waals surface area contributed by atoms with Crippen LogP contribution in [0.1, 0.15) is 19.4 Å². The molecule has 1 N–H and O–H groups in total. The lowest BCUT2D eigenvalue weighted by molar-refractivity contribution is -0.115. The SMILES string of the molecule is CC.O=C1Cc2ccc(Br)cc2N1. The van der Waals surface area contributed by atoms with Crippen LogP contribution in [0.4, 0.5) is 5.69 Å². The summed E-state index contributed by atoms with van der Waals surface area (Å²) >= 11 is 3.33. The Balaban J connectivity index is 0.000000396. The Labute approximate surface area is 86.5 Å². The molecule has 0 spiro atoms. The minimum Gasteiger partial charge on any atom is -0.325 e. The number of carbonyl (C=O) groups is 1. The maximum Gasteiger partial charge on any atom is 0.228 e. The summed E-state index contributed by atoms with van der Waals surface area (Å²) in [5, 5.41) is 2.77. The first-order valence-corrected chi connectivity index (χ1v) is 5.13. The van der Waals surface area contributed by atoms with Gasteiger partial charge in [0.15, 0.2) is 0 Å². The van der Waals surface area contributed by atoms with Crippen LogP contribution in [0, 0.1) is 0 Å². The van der Waals surface area contributed by atoms with Crippen LogP contribution in [0.15, 0.2) is 22.7 Å². The van der Waals surface area contributed by atoms with E-state index in [9.17, 15) is 4.79 Å². The Kier molecular flexibility index (Phi) is 3.48. The lowest BCUT2D eigenvalue weighted by Gasteiger charge is -1.96. The first-order valence-electron chi connectivity index (χ1n) is 4.34. The Hall–Kier alpha value is -0.830. The fraction of sp³-hybridized carbons (Fsp3) is 0.300. The van der Waals surface area contributed by atoms with Gasteiger partial charge in [0.05, 0.1) is 6.42 Å². The minimum absolute atomic E-state index is 0.0816. The smallest absolute Gasteiger partial charge is 0.228 e. The zero-order valence-corrected chi connectivity index (χ0v) is 9.31. The van der Waals surface area contributed by atoms with Crippen LogP contribution >= 0.6 is 15.9 Å². The van der Waals surface area contributed by atoms with Crippen LogP contribution in [0.2, 0.25) is 0 Å². The number of carbonyl (C=O) groups excluding carboxylic acids is 1. The van der Waals surface area contributed by atoms with Crippen LogP contribution in [0.5, 0.6) is 0 Å². The topological polar surface area (TPSA) is 29.1 Å². The quantitative estimate of drug-likeness (QED) is 0.744. The summed E-state index contributed by atoms with van der Waals surface area (Å²) in [6.45, 7) is 4.00. The van der Waals surface area contributed by atoms with Crippen molar-refractivity contribution in [3.63, 3.8) is 0 Å². The fourth-order valence-electron chi connectivity index (χ4n) is 1.19. The largest absolute Gasteiger partial charge is 0.325 e. The standard InChI is InChI=1S/C8H6BrNO.C2H6/c9-6-2-1-5-3-8(11)10-7(5)4-6;1-2/h1-2,4H,3H2,(H,10,11);1-2H3. The molecule has 0 radical (unpaired) electrons. The highest BCUT2D eigenvalue weighted by atomic mass is 79.9. The molecule has 1 heterocycles. The summed E-state index contributed by atoms with van der Waals surface area (Å²) < 4.78 is 0.999. The van der Waals surface area contributed by atoms with E-state index in [4.69, 9.17) is 0 Å². The van der Waals surface area contributed by atoms with E-state index >= 15 is 0 Å². The summed E-state index contributed by atoms with van der Waals surface area (Å²) in [7, 11) is 0. The summed E-state index contributed by atoms with van der Waals surface area (Å²) in [6, 6.07) is 5.82. The van der Waals surface area contributed by atoms with E-state index in [-0.39, 0.29) is 5.91 Å². The molecule has 1 aliphatic heterocycles. The summed E-state index contributed by atoms with van der Waals surface area (Å²) in [6.07, 6.45) is 0.516. The summed E-state index contributed by atoms with van der Waals surface area (Å²) in [5.41, 5.74) is 2.02. The molecule has 0 aromatic heterocycles. The fourth-order valence-corrected chi connectivity index (χ4v) is 1.55. The minimum atomic E-state index is 0.0816. The average molecular weight is 242 g/mol. The number of rotatable bonds is 0. The maximum atomic E-state index is 10.9. The number of amides is 1. The van der Waals surface area contributed by atoms with Crippen molar-refractivity contribution in [2.24, 2.45) is 0 Å². The van der Waals surface area contributed by atoms with E-state index in [1.807, 2.05) is 32.0 Å². The van der Waals surface area contributed by atoms with E-state index < -0.39 is 0 Å². The van der Waals surface area contributed by atoms with Crippen molar-refractivity contribution in [3.05, 3.63) is 28.2 Å². The van der Waals surface area contributed by atoms with E-state index in [1.165, 1.54) is 0 Å². The molecular weight excluding hydrogens is 230 g/mol. The third-order valence-electron chi connectivity index (χ3n) is 1.70. The molecule has 0 bridgehead atoms. The van der Waals surface area contributed by atoms with Crippen LogP contribution in [-0.2, 0) is 11.2 Å². The molecule has 1 aliphatic rings. The van der Waals surface area contributed by atoms with E-state index in [0.29, 0.717) is 6.42 Å². The third kappa shape index (κ3) is 2.31.